The highest BCUT2D eigenvalue weighted by Crippen LogP contribution is 2.38. The summed E-state index contributed by atoms with van der Waals surface area (Å²) in [5, 5.41) is 3.27. The number of ether oxygens (including phenoxy) is 1. The number of benzene rings is 1. The maximum absolute atomic E-state index is 14.7. The average Bonchev–Trinajstić information content (AvgIpc) is 3.40. The molecule has 9 heteroatoms. The molecule has 0 saturated heterocycles. The molecular formula is C26H23FN6O2. The van der Waals surface area contributed by atoms with Gasteiger partial charge < -0.3 is 15.0 Å². The molecule has 0 unspecified atom stereocenters. The highest BCUT2D eigenvalue weighted by Gasteiger charge is 2.37. The fraction of sp³-hybridized carbons (Fsp3) is 0.308. The molecule has 1 saturated carbocycles. The summed E-state index contributed by atoms with van der Waals surface area (Å²) in [4.78, 5) is 29.4. The number of carbonyl (C=O) groups is 1. The molecule has 0 spiro atoms. The lowest BCUT2D eigenvalue weighted by atomic mass is 10.0. The number of amides is 1. The first-order valence-electron chi connectivity index (χ1n) is 11.9. The van der Waals surface area contributed by atoms with Crippen molar-refractivity contribution in [2.24, 2.45) is 0 Å². The summed E-state index contributed by atoms with van der Waals surface area (Å²) >= 11 is 0. The van der Waals surface area contributed by atoms with E-state index in [-0.39, 0.29) is 24.3 Å². The van der Waals surface area contributed by atoms with Crippen LogP contribution in [-0.2, 0) is 19.5 Å². The highest BCUT2D eigenvalue weighted by molar-refractivity contribution is 6.04. The fourth-order valence-corrected chi connectivity index (χ4v) is 5.20. The molecule has 5 heterocycles. The molecule has 1 aliphatic carbocycles. The van der Waals surface area contributed by atoms with Crippen molar-refractivity contribution in [2.45, 2.75) is 45.3 Å². The first-order valence-corrected chi connectivity index (χ1v) is 11.9. The number of aromatic nitrogens is 4. The Bertz CT molecular complexity index is 1530. The molecule has 0 radical (unpaired) electrons. The molecule has 3 aromatic heterocycles. The Morgan fingerprint density at radius 1 is 1.17 bits per heavy atom. The number of rotatable bonds is 4. The number of imidazole rings is 1. The number of anilines is 1. The normalized spacial score (nSPS) is 16.5. The van der Waals surface area contributed by atoms with Crippen molar-refractivity contribution < 1.29 is 13.9 Å². The molecule has 176 valence electrons. The second-order valence-electron chi connectivity index (χ2n) is 9.37. The van der Waals surface area contributed by atoms with Crippen molar-refractivity contribution in [1.29, 1.82) is 0 Å². The number of nitrogens with one attached hydrogen (secondary N) is 1. The molecule has 1 N–H and O–H groups in total. The topological polar surface area (TPSA) is 84.7 Å². The van der Waals surface area contributed by atoms with Gasteiger partial charge in [-0.25, -0.2) is 14.4 Å². The molecule has 2 aliphatic heterocycles. The number of nitrogens with zero attached hydrogens (tertiary/aromatic N) is 5. The third-order valence-corrected chi connectivity index (χ3v) is 7.11. The number of hydrogen-bond acceptors (Lipinski definition) is 6. The van der Waals surface area contributed by atoms with Crippen LogP contribution in [0.1, 0.15) is 45.8 Å². The minimum absolute atomic E-state index is 0.0913. The van der Waals surface area contributed by atoms with Crippen LogP contribution in [0.25, 0.3) is 16.6 Å². The summed E-state index contributed by atoms with van der Waals surface area (Å²) in [6, 6.07) is 7.36. The van der Waals surface area contributed by atoms with Crippen LogP contribution >= 0.6 is 0 Å². The largest absolute Gasteiger partial charge is 0.493 e. The number of hydrogen-bond donors (Lipinski definition) is 1. The molecule has 0 bridgehead atoms. The van der Waals surface area contributed by atoms with E-state index in [4.69, 9.17) is 9.72 Å². The summed E-state index contributed by atoms with van der Waals surface area (Å²) in [7, 11) is 0. The van der Waals surface area contributed by atoms with Crippen molar-refractivity contribution >= 4 is 17.4 Å². The van der Waals surface area contributed by atoms with E-state index in [0.717, 1.165) is 46.7 Å². The van der Waals surface area contributed by atoms with Gasteiger partial charge in [-0.1, -0.05) is 6.07 Å². The minimum atomic E-state index is -0.277. The van der Waals surface area contributed by atoms with Crippen molar-refractivity contribution in [2.75, 3.05) is 11.9 Å². The van der Waals surface area contributed by atoms with E-state index in [1.165, 1.54) is 6.07 Å². The SMILES string of the molecule is Cc1ccc2c(n1)CN(C1CC1)C(=O)c1ncn3c(NCc4c(F)ccc5c4CCO5)ncc-2c13. The predicted octanol–water partition coefficient (Wildman–Crippen LogP) is 3.90. The standard InChI is InChI=1S/C26H23FN6O2/c1-14-2-5-16-19-11-29-26(28-10-18-17-8-9-35-22(17)7-6-20(18)27)33-13-30-23(24(19)33)25(34)32(15-3-4-15)12-21(16)31-14/h2,5-7,11,13,15H,3-4,8-10,12H2,1H3,(H,28,29). The second kappa shape index (κ2) is 7.49. The zero-order valence-electron chi connectivity index (χ0n) is 19.2. The van der Waals surface area contributed by atoms with Gasteiger partial charge in [-0.2, -0.15) is 0 Å². The van der Waals surface area contributed by atoms with E-state index in [0.29, 0.717) is 42.3 Å². The molecular weight excluding hydrogens is 447 g/mol. The molecule has 1 aromatic carbocycles. The van der Waals surface area contributed by atoms with Crippen LogP contribution in [-0.4, -0.2) is 42.8 Å². The van der Waals surface area contributed by atoms with E-state index >= 15 is 0 Å². The number of fused-ring (bicyclic) bond motifs is 3. The van der Waals surface area contributed by atoms with Crippen LogP contribution in [0.15, 0.2) is 36.8 Å². The van der Waals surface area contributed by atoms with E-state index in [9.17, 15) is 9.18 Å². The van der Waals surface area contributed by atoms with Crippen LogP contribution in [0.3, 0.4) is 0 Å². The van der Waals surface area contributed by atoms with Gasteiger partial charge >= 0.3 is 0 Å². The van der Waals surface area contributed by atoms with Gasteiger partial charge in [0.25, 0.3) is 5.91 Å². The number of carbonyl (C=O) groups excluding carboxylic acids is 1. The van der Waals surface area contributed by atoms with Crippen molar-refractivity contribution in [3.8, 4) is 16.9 Å². The number of pyridine rings is 1. The minimum Gasteiger partial charge on any atom is -0.493 e. The van der Waals surface area contributed by atoms with Crippen LogP contribution < -0.4 is 10.1 Å². The zero-order chi connectivity index (χ0) is 23.7. The Labute approximate surface area is 200 Å². The van der Waals surface area contributed by atoms with Crippen molar-refractivity contribution in [1.82, 2.24) is 24.3 Å². The Morgan fingerprint density at radius 3 is 2.91 bits per heavy atom. The van der Waals surface area contributed by atoms with Gasteiger partial charge in [0, 0.05) is 53.2 Å². The lowest BCUT2D eigenvalue weighted by molar-refractivity contribution is 0.0724. The molecule has 35 heavy (non-hydrogen) atoms. The van der Waals surface area contributed by atoms with E-state index in [1.54, 1.807) is 23.0 Å². The van der Waals surface area contributed by atoms with Gasteiger partial charge in [0.1, 0.15) is 17.9 Å². The van der Waals surface area contributed by atoms with Crippen LogP contribution in [0.5, 0.6) is 5.75 Å². The van der Waals surface area contributed by atoms with Crippen LogP contribution in [0.4, 0.5) is 10.3 Å². The molecule has 1 amide bonds. The van der Waals surface area contributed by atoms with Gasteiger partial charge in [0.2, 0.25) is 5.95 Å². The predicted molar refractivity (Wildman–Crippen MR) is 127 cm³/mol. The van der Waals surface area contributed by atoms with Crippen molar-refractivity contribution in [3.63, 3.8) is 0 Å². The zero-order valence-corrected chi connectivity index (χ0v) is 19.2. The maximum Gasteiger partial charge on any atom is 0.275 e. The Balaban J connectivity index is 1.35. The van der Waals surface area contributed by atoms with Crippen LogP contribution in [0.2, 0.25) is 0 Å². The van der Waals surface area contributed by atoms with E-state index in [2.05, 4.69) is 15.3 Å². The fourth-order valence-electron chi connectivity index (χ4n) is 5.20. The summed E-state index contributed by atoms with van der Waals surface area (Å²) in [5.41, 5.74) is 6.08. The van der Waals surface area contributed by atoms with E-state index < -0.39 is 0 Å². The summed E-state index contributed by atoms with van der Waals surface area (Å²) in [5.74, 6) is 0.854. The molecule has 8 nitrogen and oxygen atoms in total. The molecule has 0 atom stereocenters. The maximum atomic E-state index is 14.7. The number of aryl methyl sites for hydroxylation is 1. The first-order chi connectivity index (χ1) is 17.1. The molecule has 4 aromatic rings. The van der Waals surface area contributed by atoms with Crippen molar-refractivity contribution in [3.05, 3.63) is 70.8 Å². The third kappa shape index (κ3) is 3.18. The second-order valence-corrected chi connectivity index (χ2v) is 9.37. The van der Waals surface area contributed by atoms with Gasteiger partial charge in [0.15, 0.2) is 5.69 Å². The number of halogens is 1. The summed E-state index contributed by atoms with van der Waals surface area (Å²) in [6.45, 7) is 3.21. The average molecular weight is 471 g/mol. The molecule has 7 rings (SSSR count). The smallest absolute Gasteiger partial charge is 0.275 e. The van der Waals surface area contributed by atoms with Gasteiger partial charge in [0.05, 0.1) is 24.4 Å². The Morgan fingerprint density at radius 2 is 2.06 bits per heavy atom. The van der Waals surface area contributed by atoms with Gasteiger partial charge in [-0.05, 0) is 38.0 Å². The summed E-state index contributed by atoms with van der Waals surface area (Å²) < 4.78 is 22.1. The summed E-state index contributed by atoms with van der Waals surface area (Å²) in [6.07, 6.45) is 6.05. The van der Waals surface area contributed by atoms with Gasteiger partial charge in [-0.15, -0.1) is 0 Å². The lowest BCUT2D eigenvalue weighted by Gasteiger charge is -2.25. The van der Waals surface area contributed by atoms with Gasteiger partial charge in [-0.3, -0.25) is 14.2 Å². The lowest BCUT2D eigenvalue weighted by Crippen LogP contribution is -2.34. The highest BCUT2D eigenvalue weighted by atomic mass is 19.1. The monoisotopic (exact) mass is 470 g/mol. The van der Waals surface area contributed by atoms with Crippen LogP contribution in [0, 0.1) is 12.7 Å². The molecule has 1 fully saturated rings. The Kier molecular flexibility index (Phi) is 4.36. The Hall–Kier alpha value is -4.01. The quantitative estimate of drug-likeness (QED) is 0.487. The molecule has 3 aliphatic rings. The van der Waals surface area contributed by atoms with E-state index in [1.807, 2.05) is 24.0 Å². The third-order valence-electron chi connectivity index (χ3n) is 7.11. The first kappa shape index (κ1) is 20.4.